The molecule has 0 radical (unpaired) electrons. The van der Waals surface area contributed by atoms with Crippen molar-refractivity contribution in [1.82, 2.24) is 9.97 Å². The first-order chi connectivity index (χ1) is 9.78. The molecule has 0 fully saturated rings. The van der Waals surface area contributed by atoms with Crippen molar-refractivity contribution in [2.45, 2.75) is 33.2 Å². The minimum Gasteiger partial charge on any atom is -0.344 e. The van der Waals surface area contributed by atoms with Crippen LogP contribution < -0.4 is 4.90 Å². The summed E-state index contributed by atoms with van der Waals surface area (Å²) in [6.45, 7) is 5.85. The Morgan fingerprint density at radius 1 is 1.30 bits per heavy atom. The van der Waals surface area contributed by atoms with Crippen molar-refractivity contribution >= 4 is 22.8 Å². The maximum Gasteiger partial charge on any atom is 0.186 e. The molecule has 0 aromatic carbocycles. The number of carbonyl (C=O) groups is 1. The van der Waals surface area contributed by atoms with E-state index < -0.39 is 0 Å². The number of thiazole rings is 1. The summed E-state index contributed by atoms with van der Waals surface area (Å²) in [5, 5.41) is 0.926. The molecule has 2 aromatic rings. The van der Waals surface area contributed by atoms with E-state index in [9.17, 15) is 4.79 Å². The van der Waals surface area contributed by atoms with E-state index in [2.05, 4.69) is 28.7 Å². The normalized spacial score (nSPS) is 10.5. The van der Waals surface area contributed by atoms with E-state index in [0.29, 0.717) is 0 Å². The Bertz CT molecular complexity index is 554. The van der Waals surface area contributed by atoms with Crippen LogP contribution >= 0.6 is 11.3 Å². The lowest BCUT2D eigenvalue weighted by Gasteiger charge is -2.19. The van der Waals surface area contributed by atoms with Gasteiger partial charge in [-0.25, -0.2) is 4.98 Å². The number of aromatic nitrogens is 2. The van der Waals surface area contributed by atoms with Gasteiger partial charge >= 0.3 is 0 Å². The number of aldehydes is 1. The Morgan fingerprint density at radius 3 is 2.65 bits per heavy atom. The lowest BCUT2D eigenvalue weighted by molar-refractivity contribution is 0.112. The van der Waals surface area contributed by atoms with Gasteiger partial charge in [-0.15, -0.1) is 0 Å². The maximum absolute atomic E-state index is 11.1. The van der Waals surface area contributed by atoms with Gasteiger partial charge in [0.2, 0.25) is 0 Å². The Hall–Kier alpha value is -1.75. The maximum atomic E-state index is 11.1. The fourth-order valence-corrected chi connectivity index (χ4v) is 3.01. The molecular weight excluding hydrogens is 270 g/mol. The Labute approximate surface area is 123 Å². The van der Waals surface area contributed by atoms with E-state index in [1.807, 2.05) is 12.1 Å². The smallest absolute Gasteiger partial charge is 0.186 e. The molecule has 0 saturated heterocycles. The first kappa shape index (κ1) is 14.7. The molecule has 0 saturated carbocycles. The molecule has 0 aliphatic rings. The highest BCUT2D eigenvalue weighted by atomic mass is 32.1. The molecular formula is C15H19N3OS. The van der Waals surface area contributed by atoms with Gasteiger partial charge in [0.15, 0.2) is 11.4 Å². The minimum atomic E-state index is 0.759. The van der Waals surface area contributed by atoms with Gasteiger partial charge < -0.3 is 4.90 Å². The van der Waals surface area contributed by atoms with E-state index in [0.717, 1.165) is 47.9 Å². The van der Waals surface area contributed by atoms with E-state index in [1.54, 1.807) is 12.4 Å². The highest BCUT2D eigenvalue weighted by Gasteiger charge is 2.14. The lowest BCUT2D eigenvalue weighted by atomic mass is 10.2. The quantitative estimate of drug-likeness (QED) is 0.733. The van der Waals surface area contributed by atoms with Crippen LogP contribution in [-0.2, 0) is 13.0 Å². The molecule has 0 spiro atoms. The van der Waals surface area contributed by atoms with Gasteiger partial charge in [0, 0.05) is 25.5 Å². The molecule has 106 valence electrons. The van der Waals surface area contributed by atoms with Crippen LogP contribution in [0.15, 0.2) is 24.5 Å². The Balaban J connectivity index is 2.21. The van der Waals surface area contributed by atoms with E-state index in [-0.39, 0.29) is 0 Å². The Kier molecular flexibility index (Phi) is 5.24. The van der Waals surface area contributed by atoms with E-state index in [4.69, 9.17) is 0 Å². The average molecular weight is 289 g/mol. The topological polar surface area (TPSA) is 46.1 Å². The summed E-state index contributed by atoms with van der Waals surface area (Å²) < 4.78 is 0. The predicted molar refractivity (Wildman–Crippen MR) is 82.5 cm³/mol. The van der Waals surface area contributed by atoms with Crippen molar-refractivity contribution in [2.24, 2.45) is 0 Å². The zero-order chi connectivity index (χ0) is 14.4. The van der Waals surface area contributed by atoms with Crippen molar-refractivity contribution in [3.63, 3.8) is 0 Å². The second-order valence-corrected chi connectivity index (χ2v) is 5.55. The van der Waals surface area contributed by atoms with Crippen LogP contribution in [0.1, 0.15) is 41.2 Å². The van der Waals surface area contributed by atoms with Crippen LogP contribution in [-0.4, -0.2) is 22.8 Å². The zero-order valence-corrected chi connectivity index (χ0v) is 12.7. The highest BCUT2D eigenvalue weighted by molar-refractivity contribution is 7.17. The number of nitrogens with zero attached hydrogens (tertiary/aromatic N) is 3. The van der Waals surface area contributed by atoms with Gasteiger partial charge in [-0.1, -0.05) is 24.7 Å². The molecule has 0 amide bonds. The largest absolute Gasteiger partial charge is 0.344 e. The third-order valence-electron chi connectivity index (χ3n) is 3.09. The molecule has 4 nitrogen and oxygen atoms in total. The van der Waals surface area contributed by atoms with Gasteiger partial charge in [0.05, 0.1) is 10.6 Å². The summed E-state index contributed by atoms with van der Waals surface area (Å²) in [6, 6.07) is 4.01. The predicted octanol–water partition coefficient (Wildman–Crippen LogP) is 3.33. The minimum absolute atomic E-state index is 0.759. The molecule has 0 N–H and O–H groups in total. The fourth-order valence-electron chi connectivity index (χ4n) is 2.02. The van der Waals surface area contributed by atoms with Crippen LogP contribution in [0.25, 0.3) is 0 Å². The third-order valence-corrected chi connectivity index (χ3v) is 4.17. The number of pyridine rings is 1. The van der Waals surface area contributed by atoms with Gasteiger partial charge in [-0.3, -0.25) is 9.78 Å². The number of anilines is 1. The summed E-state index contributed by atoms with van der Waals surface area (Å²) in [4.78, 5) is 22.7. The summed E-state index contributed by atoms with van der Waals surface area (Å²) in [6.07, 6.45) is 6.37. The summed E-state index contributed by atoms with van der Waals surface area (Å²) in [5.74, 6) is 0. The molecule has 0 aliphatic heterocycles. The van der Waals surface area contributed by atoms with Crippen LogP contribution in [0.4, 0.5) is 5.13 Å². The first-order valence-electron chi connectivity index (χ1n) is 6.87. The van der Waals surface area contributed by atoms with Gasteiger partial charge in [-0.2, -0.15) is 0 Å². The average Bonchev–Trinajstić information content (AvgIpc) is 2.89. The van der Waals surface area contributed by atoms with Crippen molar-refractivity contribution < 1.29 is 4.79 Å². The van der Waals surface area contributed by atoms with Crippen LogP contribution in [0, 0.1) is 0 Å². The first-order valence-corrected chi connectivity index (χ1v) is 7.68. The molecule has 0 unspecified atom stereocenters. The van der Waals surface area contributed by atoms with Crippen molar-refractivity contribution in [2.75, 3.05) is 11.4 Å². The standard InChI is InChI=1S/C15H19N3OS/c1-3-5-13-14(11-19)20-15(17-13)18(4-2)10-12-6-8-16-9-7-12/h6-9,11H,3-5,10H2,1-2H3. The number of carbonyl (C=O) groups excluding carboxylic acids is 1. The molecule has 2 aromatic heterocycles. The molecule has 0 bridgehead atoms. The van der Waals surface area contributed by atoms with Crippen molar-refractivity contribution in [3.8, 4) is 0 Å². The second kappa shape index (κ2) is 7.14. The highest BCUT2D eigenvalue weighted by Crippen LogP contribution is 2.27. The van der Waals surface area contributed by atoms with Gasteiger partial charge in [0.25, 0.3) is 0 Å². The third kappa shape index (κ3) is 3.42. The number of hydrogen-bond donors (Lipinski definition) is 0. The Morgan fingerprint density at radius 2 is 2.05 bits per heavy atom. The molecule has 0 atom stereocenters. The second-order valence-electron chi connectivity index (χ2n) is 4.54. The zero-order valence-electron chi connectivity index (χ0n) is 11.9. The number of hydrogen-bond acceptors (Lipinski definition) is 5. The van der Waals surface area contributed by atoms with Crippen LogP contribution in [0.5, 0.6) is 0 Å². The van der Waals surface area contributed by atoms with Gasteiger partial charge in [0.1, 0.15) is 0 Å². The molecule has 2 heterocycles. The van der Waals surface area contributed by atoms with Crippen LogP contribution in [0.2, 0.25) is 0 Å². The van der Waals surface area contributed by atoms with Crippen molar-refractivity contribution in [1.29, 1.82) is 0 Å². The summed E-state index contributed by atoms with van der Waals surface area (Å²) >= 11 is 1.48. The van der Waals surface area contributed by atoms with Gasteiger partial charge in [-0.05, 0) is 31.0 Å². The van der Waals surface area contributed by atoms with Crippen molar-refractivity contribution in [3.05, 3.63) is 40.7 Å². The monoisotopic (exact) mass is 289 g/mol. The summed E-state index contributed by atoms with van der Waals surface area (Å²) in [7, 11) is 0. The number of rotatable bonds is 7. The van der Waals surface area contributed by atoms with Crippen LogP contribution in [0.3, 0.4) is 0 Å². The fraction of sp³-hybridized carbons (Fsp3) is 0.400. The van der Waals surface area contributed by atoms with E-state index in [1.165, 1.54) is 16.9 Å². The summed E-state index contributed by atoms with van der Waals surface area (Å²) in [5.41, 5.74) is 2.12. The number of aryl methyl sites for hydroxylation is 1. The SMILES string of the molecule is CCCc1nc(N(CC)Cc2ccncc2)sc1C=O. The molecule has 5 heteroatoms. The molecule has 2 rings (SSSR count). The molecule has 0 aliphatic carbocycles. The lowest BCUT2D eigenvalue weighted by Crippen LogP contribution is -2.21. The van der Waals surface area contributed by atoms with E-state index >= 15 is 0 Å². The molecule has 20 heavy (non-hydrogen) atoms.